The molecule has 0 aliphatic rings. The first kappa shape index (κ1) is 12.5. The molecule has 7 heteroatoms. The first-order valence-corrected chi connectivity index (χ1v) is 3.30. The van der Waals surface area contributed by atoms with Gasteiger partial charge in [0.15, 0.2) is 0 Å². The number of hydrogen-bond donors (Lipinski definition) is 1. The van der Waals surface area contributed by atoms with Gasteiger partial charge in [-0.05, 0) is 0 Å². The molecule has 0 radical (unpaired) electrons. The van der Waals surface area contributed by atoms with Crippen LogP contribution in [-0.2, 0) is 0 Å². The monoisotopic (exact) mass is 210 g/mol. The Morgan fingerprint density at radius 3 is 1.23 bits per heavy atom. The highest BCUT2D eigenvalue weighted by Crippen LogP contribution is 2.48. The van der Waals surface area contributed by atoms with Crippen molar-refractivity contribution in [2.75, 3.05) is 0 Å². The van der Waals surface area contributed by atoms with Crippen LogP contribution in [0.1, 0.15) is 13.8 Å². The molecule has 80 valence electrons. The predicted octanol–water partition coefficient (Wildman–Crippen LogP) is 2.50. The lowest BCUT2D eigenvalue weighted by molar-refractivity contribution is -0.380. The zero-order valence-corrected chi connectivity index (χ0v) is 6.79. The summed E-state index contributed by atoms with van der Waals surface area (Å²) in [5, 5.41) is 7.81. The topological polar surface area (TPSA) is 20.2 Å². The zero-order valence-electron chi connectivity index (χ0n) is 6.79. The van der Waals surface area contributed by atoms with Crippen molar-refractivity contribution in [1.82, 2.24) is 0 Å². The molecule has 0 aromatic heterocycles. The molecule has 0 aliphatic carbocycles. The van der Waals surface area contributed by atoms with E-state index in [1.54, 1.807) is 0 Å². The van der Waals surface area contributed by atoms with Crippen molar-refractivity contribution in [3.8, 4) is 0 Å². The Labute approximate surface area is 70.4 Å². The number of rotatable bonds is 2. The lowest BCUT2D eigenvalue weighted by Gasteiger charge is -2.34. The van der Waals surface area contributed by atoms with Crippen LogP contribution in [0.2, 0.25) is 0 Å². The Kier molecular flexibility index (Phi) is 2.93. The van der Waals surface area contributed by atoms with Crippen molar-refractivity contribution >= 4 is 0 Å². The SMILES string of the molecule is CC(C)[C@](F)(C(O)(F)F)C(F)(F)F. The molecule has 1 nitrogen and oxygen atoms in total. The highest BCUT2D eigenvalue weighted by atomic mass is 19.4. The molecule has 0 aromatic carbocycles. The van der Waals surface area contributed by atoms with Crippen LogP contribution in [0, 0.1) is 5.92 Å². The van der Waals surface area contributed by atoms with Gasteiger partial charge in [-0.2, -0.15) is 22.0 Å². The summed E-state index contributed by atoms with van der Waals surface area (Å²) < 4.78 is 72.3. The summed E-state index contributed by atoms with van der Waals surface area (Å²) in [5.41, 5.74) is -4.90. The number of aliphatic hydroxyl groups is 1. The molecule has 0 unspecified atom stereocenters. The molecule has 0 fully saturated rings. The van der Waals surface area contributed by atoms with E-state index in [1.807, 2.05) is 0 Å². The summed E-state index contributed by atoms with van der Waals surface area (Å²) in [6.07, 6.45) is -11.2. The minimum atomic E-state index is -5.81. The lowest BCUT2D eigenvalue weighted by atomic mass is 9.90. The maximum atomic E-state index is 12.8. The third-order valence-electron chi connectivity index (χ3n) is 1.65. The summed E-state index contributed by atoms with van der Waals surface area (Å²) >= 11 is 0. The van der Waals surface area contributed by atoms with Crippen molar-refractivity contribution < 1.29 is 31.4 Å². The van der Waals surface area contributed by atoms with E-state index in [0.717, 1.165) is 0 Å². The summed E-state index contributed by atoms with van der Waals surface area (Å²) in [4.78, 5) is 0. The molecule has 0 spiro atoms. The molecule has 0 rings (SSSR count). The minimum absolute atomic E-state index is 0.609. The Morgan fingerprint density at radius 1 is 0.923 bits per heavy atom. The van der Waals surface area contributed by atoms with Gasteiger partial charge in [0.05, 0.1) is 0 Å². The second kappa shape index (κ2) is 3.04. The largest absolute Gasteiger partial charge is 0.431 e. The van der Waals surface area contributed by atoms with Crippen LogP contribution in [0.4, 0.5) is 26.3 Å². The third-order valence-corrected chi connectivity index (χ3v) is 1.65. The first-order chi connectivity index (χ1) is 5.44. The summed E-state index contributed by atoms with van der Waals surface area (Å²) in [6, 6.07) is 0. The van der Waals surface area contributed by atoms with Crippen molar-refractivity contribution in [1.29, 1.82) is 0 Å². The second-order valence-electron chi connectivity index (χ2n) is 2.91. The van der Waals surface area contributed by atoms with Gasteiger partial charge in [0.2, 0.25) is 0 Å². The van der Waals surface area contributed by atoms with Crippen LogP contribution in [0.15, 0.2) is 0 Å². The van der Waals surface area contributed by atoms with Gasteiger partial charge in [0, 0.05) is 5.92 Å². The van der Waals surface area contributed by atoms with E-state index in [1.165, 1.54) is 0 Å². The van der Waals surface area contributed by atoms with E-state index in [0.29, 0.717) is 13.8 Å². The number of alkyl halides is 6. The molecule has 13 heavy (non-hydrogen) atoms. The molecule has 1 N–H and O–H groups in total. The Morgan fingerprint density at radius 2 is 1.23 bits per heavy atom. The van der Waals surface area contributed by atoms with Crippen LogP contribution in [0.25, 0.3) is 0 Å². The fourth-order valence-corrected chi connectivity index (χ4v) is 0.845. The molecule has 0 aromatic rings. The van der Waals surface area contributed by atoms with Gasteiger partial charge in [-0.15, -0.1) is 0 Å². The van der Waals surface area contributed by atoms with E-state index >= 15 is 0 Å². The smallest absolute Gasteiger partial charge is 0.333 e. The third kappa shape index (κ3) is 1.90. The van der Waals surface area contributed by atoms with E-state index in [2.05, 4.69) is 0 Å². The molecule has 0 bridgehead atoms. The van der Waals surface area contributed by atoms with Gasteiger partial charge in [0.25, 0.3) is 5.67 Å². The summed E-state index contributed by atoms with van der Waals surface area (Å²) in [7, 11) is 0. The van der Waals surface area contributed by atoms with Gasteiger partial charge < -0.3 is 5.11 Å². The fraction of sp³-hybridized carbons (Fsp3) is 1.00. The average molecular weight is 210 g/mol. The van der Waals surface area contributed by atoms with Gasteiger partial charge in [-0.3, -0.25) is 0 Å². The Hall–Kier alpha value is -0.460. The van der Waals surface area contributed by atoms with Gasteiger partial charge in [-0.1, -0.05) is 13.8 Å². The van der Waals surface area contributed by atoms with E-state index in [9.17, 15) is 26.3 Å². The molecule has 1 atom stereocenters. The zero-order chi connectivity index (χ0) is 11.1. The number of hydrogen-bond acceptors (Lipinski definition) is 1. The van der Waals surface area contributed by atoms with Gasteiger partial charge in [-0.25, -0.2) is 4.39 Å². The van der Waals surface area contributed by atoms with Gasteiger partial charge >= 0.3 is 12.3 Å². The predicted molar refractivity (Wildman–Crippen MR) is 31.9 cm³/mol. The van der Waals surface area contributed by atoms with Gasteiger partial charge in [0.1, 0.15) is 0 Å². The molecular formula is C6H8F6O. The quantitative estimate of drug-likeness (QED) is 0.694. The maximum Gasteiger partial charge on any atom is 0.431 e. The van der Waals surface area contributed by atoms with Crippen molar-refractivity contribution in [3.05, 3.63) is 0 Å². The fourth-order valence-electron chi connectivity index (χ4n) is 0.845. The van der Waals surface area contributed by atoms with Crippen LogP contribution in [0.3, 0.4) is 0 Å². The second-order valence-corrected chi connectivity index (χ2v) is 2.91. The Balaban J connectivity index is 5.22. The van der Waals surface area contributed by atoms with Crippen molar-refractivity contribution in [2.45, 2.75) is 31.8 Å². The van der Waals surface area contributed by atoms with Crippen LogP contribution >= 0.6 is 0 Å². The Bertz CT molecular complexity index is 165. The van der Waals surface area contributed by atoms with E-state index in [-0.39, 0.29) is 0 Å². The van der Waals surface area contributed by atoms with E-state index < -0.39 is 23.9 Å². The van der Waals surface area contributed by atoms with Crippen LogP contribution < -0.4 is 0 Å². The van der Waals surface area contributed by atoms with E-state index in [4.69, 9.17) is 5.11 Å². The number of halogens is 6. The van der Waals surface area contributed by atoms with Crippen LogP contribution in [0.5, 0.6) is 0 Å². The van der Waals surface area contributed by atoms with Crippen molar-refractivity contribution in [3.63, 3.8) is 0 Å². The minimum Gasteiger partial charge on any atom is -0.333 e. The molecule has 0 heterocycles. The lowest BCUT2D eigenvalue weighted by Crippen LogP contribution is -2.58. The molecule has 0 amide bonds. The standard InChI is InChI=1S/C6H8F6O/c1-3(2)4(7,5(8,9)10)6(11,12)13/h3,13H,1-2H3/t4-/m1/s1. The highest BCUT2D eigenvalue weighted by Gasteiger charge is 2.72. The average Bonchev–Trinajstić information content (AvgIpc) is 1.80. The van der Waals surface area contributed by atoms with Crippen molar-refractivity contribution in [2.24, 2.45) is 5.92 Å². The first-order valence-electron chi connectivity index (χ1n) is 3.30. The summed E-state index contributed by atoms with van der Waals surface area (Å²) in [5.74, 6) is -2.08. The maximum absolute atomic E-state index is 12.8. The normalized spacial score (nSPS) is 18.9. The van der Waals surface area contributed by atoms with Crippen LogP contribution in [-0.4, -0.2) is 23.1 Å². The summed E-state index contributed by atoms with van der Waals surface area (Å²) in [6.45, 7) is 1.22. The highest BCUT2D eigenvalue weighted by molar-refractivity contribution is 4.96. The molecular weight excluding hydrogens is 202 g/mol. The molecule has 0 aliphatic heterocycles. The molecule has 0 saturated carbocycles. The molecule has 0 saturated heterocycles.